The van der Waals surface area contributed by atoms with Gasteiger partial charge in [-0.15, -0.1) is 0 Å². The van der Waals surface area contributed by atoms with Crippen LogP contribution in [0.2, 0.25) is 0 Å². The van der Waals surface area contributed by atoms with Gasteiger partial charge in [0.1, 0.15) is 29.3 Å². The molecule has 0 amide bonds. The van der Waals surface area contributed by atoms with Gasteiger partial charge in [-0.1, -0.05) is 194 Å². The van der Waals surface area contributed by atoms with Gasteiger partial charge in [0, 0.05) is 16.3 Å². The molecule has 1 aromatic heterocycles. The highest BCUT2D eigenvalue weighted by molar-refractivity contribution is 6.18. The maximum Gasteiger partial charge on any atom is 0.136 e. The van der Waals surface area contributed by atoms with Crippen molar-refractivity contribution in [1.29, 1.82) is 0 Å². The summed E-state index contributed by atoms with van der Waals surface area (Å²) in [5, 5.41) is 14.6. The lowest BCUT2D eigenvalue weighted by Crippen LogP contribution is -2.45. The zero-order chi connectivity index (χ0) is 41.7. The Balaban J connectivity index is 0.968. The van der Waals surface area contributed by atoms with E-state index in [1.54, 1.807) is 0 Å². The number of fused-ring (bicyclic) bond motifs is 5. The SMILES string of the molecule is c1ccc(-c2ccc(-c3ccc4oc5cccc(-c6cccc7c(C8=NC(c9cccc(-c%10ccccc%10)c9)NC(c9ccc%10ccccc%10c9)N8)cccc67)c5c4c3)cc2)cc1. The Morgan fingerprint density at radius 3 is 1.75 bits per heavy atom. The summed E-state index contributed by atoms with van der Waals surface area (Å²) in [5.41, 5.74) is 14.4. The van der Waals surface area contributed by atoms with Gasteiger partial charge in [-0.2, -0.15) is 0 Å². The maximum atomic E-state index is 6.55. The van der Waals surface area contributed by atoms with Crippen molar-refractivity contribution in [3.8, 4) is 44.5 Å². The minimum absolute atomic E-state index is 0.194. The molecule has 1 aliphatic heterocycles. The van der Waals surface area contributed by atoms with Crippen molar-refractivity contribution < 1.29 is 4.42 Å². The van der Waals surface area contributed by atoms with Gasteiger partial charge in [0.05, 0.1) is 0 Å². The monoisotopic (exact) mass is 807 g/mol. The van der Waals surface area contributed by atoms with Crippen LogP contribution in [0.25, 0.3) is 88.0 Å². The standard InChI is InChI=1S/C59H41N3O/c1-3-13-38(14-4-1)41-27-29-42(30-28-41)45-33-34-54-53(37-45)56-51(24-12-26-55(56)63-54)49-22-10-23-50-48(49)21-11-25-52(50)59-61-57(46-20-9-19-44(35-46)39-15-5-2-6-16-39)60-58(62-59)47-32-31-40-17-7-8-18-43(40)36-47/h1-37,57-58,60H,(H,61,62). The molecule has 298 valence electrons. The number of nitrogens with zero attached hydrogens (tertiary/aromatic N) is 1. The second-order valence-corrected chi connectivity index (χ2v) is 16.4. The summed E-state index contributed by atoms with van der Waals surface area (Å²) in [4.78, 5) is 5.47. The topological polar surface area (TPSA) is 49.6 Å². The van der Waals surface area contributed by atoms with Gasteiger partial charge in [-0.3, -0.25) is 5.32 Å². The Hall–Kier alpha value is -8.05. The van der Waals surface area contributed by atoms with Crippen LogP contribution in [-0.4, -0.2) is 5.84 Å². The van der Waals surface area contributed by atoms with E-state index >= 15 is 0 Å². The molecule has 4 heteroatoms. The maximum absolute atomic E-state index is 6.55. The van der Waals surface area contributed by atoms with Crippen LogP contribution in [-0.2, 0) is 0 Å². The molecule has 2 unspecified atom stereocenters. The molecule has 2 atom stereocenters. The largest absolute Gasteiger partial charge is 0.456 e. The average Bonchev–Trinajstić information content (AvgIpc) is 3.75. The van der Waals surface area contributed by atoms with E-state index in [4.69, 9.17) is 9.41 Å². The molecular formula is C59H41N3O. The number of hydrogen-bond donors (Lipinski definition) is 2. The fourth-order valence-corrected chi connectivity index (χ4v) is 9.41. The molecule has 0 aliphatic carbocycles. The third kappa shape index (κ3) is 6.74. The Labute approximate surface area is 365 Å². The van der Waals surface area contributed by atoms with Crippen LogP contribution >= 0.6 is 0 Å². The lowest BCUT2D eigenvalue weighted by molar-refractivity contribution is 0.409. The van der Waals surface area contributed by atoms with Gasteiger partial charge in [-0.25, -0.2) is 4.99 Å². The number of hydrogen-bond acceptors (Lipinski definition) is 4. The first-order valence-corrected chi connectivity index (χ1v) is 21.6. The molecule has 4 nitrogen and oxygen atoms in total. The molecule has 12 rings (SSSR count). The van der Waals surface area contributed by atoms with E-state index in [1.165, 1.54) is 33.0 Å². The Morgan fingerprint density at radius 2 is 0.952 bits per heavy atom. The van der Waals surface area contributed by atoms with Crippen molar-refractivity contribution in [2.24, 2.45) is 4.99 Å². The molecule has 10 aromatic carbocycles. The molecular weight excluding hydrogens is 767 g/mol. The minimum Gasteiger partial charge on any atom is -0.456 e. The third-order valence-electron chi connectivity index (χ3n) is 12.6. The summed E-state index contributed by atoms with van der Waals surface area (Å²) in [6.45, 7) is 0. The van der Waals surface area contributed by atoms with E-state index in [0.29, 0.717) is 0 Å². The van der Waals surface area contributed by atoms with E-state index < -0.39 is 0 Å². The van der Waals surface area contributed by atoms with Crippen LogP contribution in [0, 0.1) is 0 Å². The van der Waals surface area contributed by atoms with Crippen LogP contribution in [0.4, 0.5) is 0 Å². The molecule has 0 bridgehead atoms. The summed E-state index contributed by atoms with van der Waals surface area (Å²) in [6, 6.07) is 80.1. The predicted molar refractivity (Wildman–Crippen MR) is 262 cm³/mol. The molecule has 0 spiro atoms. The number of rotatable bonds is 7. The molecule has 1 aliphatic rings. The van der Waals surface area contributed by atoms with Crippen molar-refractivity contribution in [3.05, 3.63) is 241 Å². The molecule has 2 heterocycles. The highest BCUT2D eigenvalue weighted by Gasteiger charge is 2.27. The number of aliphatic imine (C=N–C) groups is 1. The van der Waals surface area contributed by atoms with Crippen LogP contribution in [0.15, 0.2) is 234 Å². The van der Waals surface area contributed by atoms with Gasteiger partial charge >= 0.3 is 0 Å². The first kappa shape index (κ1) is 36.8. The molecule has 0 radical (unpaired) electrons. The third-order valence-corrected chi connectivity index (χ3v) is 12.6. The van der Waals surface area contributed by atoms with Crippen molar-refractivity contribution in [1.82, 2.24) is 10.6 Å². The molecule has 11 aromatic rings. The molecule has 2 N–H and O–H groups in total. The highest BCUT2D eigenvalue weighted by Crippen LogP contribution is 2.42. The molecule has 63 heavy (non-hydrogen) atoms. The second-order valence-electron chi connectivity index (χ2n) is 16.4. The van der Waals surface area contributed by atoms with Gasteiger partial charge in [0.15, 0.2) is 0 Å². The van der Waals surface area contributed by atoms with Gasteiger partial charge in [-0.05, 0) is 108 Å². The summed E-state index contributed by atoms with van der Waals surface area (Å²) in [5.74, 6) is 0.847. The first-order valence-electron chi connectivity index (χ1n) is 21.6. The summed E-state index contributed by atoms with van der Waals surface area (Å²) in [7, 11) is 0. The van der Waals surface area contributed by atoms with Crippen LogP contribution in [0.3, 0.4) is 0 Å². The Kier molecular flexibility index (Phi) is 9.02. The fraction of sp³-hybridized carbons (Fsp3) is 0.0339. The van der Waals surface area contributed by atoms with Gasteiger partial charge in [0.2, 0.25) is 0 Å². The lowest BCUT2D eigenvalue weighted by Gasteiger charge is -2.33. The summed E-state index contributed by atoms with van der Waals surface area (Å²) >= 11 is 0. The highest BCUT2D eigenvalue weighted by atomic mass is 16.3. The molecule has 0 saturated carbocycles. The quantitative estimate of drug-likeness (QED) is 0.169. The predicted octanol–water partition coefficient (Wildman–Crippen LogP) is 14.9. The zero-order valence-electron chi connectivity index (χ0n) is 34.4. The van der Waals surface area contributed by atoms with E-state index in [9.17, 15) is 0 Å². The minimum atomic E-state index is -0.297. The Morgan fingerprint density at radius 1 is 0.365 bits per heavy atom. The second kappa shape index (κ2) is 15.4. The summed E-state index contributed by atoms with van der Waals surface area (Å²) < 4.78 is 6.55. The van der Waals surface area contributed by atoms with Crippen molar-refractivity contribution >= 4 is 49.3 Å². The average molecular weight is 808 g/mol. The van der Waals surface area contributed by atoms with Crippen molar-refractivity contribution in [2.75, 3.05) is 0 Å². The molecule has 0 saturated heterocycles. The van der Waals surface area contributed by atoms with Crippen molar-refractivity contribution in [2.45, 2.75) is 12.3 Å². The van der Waals surface area contributed by atoms with E-state index in [-0.39, 0.29) is 12.3 Å². The fourth-order valence-electron chi connectivity index (χ4n) is 9.41. The number of benzene rings is 10. The lowest BCUT2D eigenvalue weighted by atomic mass is 9.92. The number of furan rings is 1. The number of amidine groups is 1. The van der Waals surface area contributed by atoms with Crippen LogP contribution < -0.4 is 10.6 Å². The smallest absolute Gasteiger partial charge is 0.136 e. The van der Waals surface area contributed by atoms with Gasteiger partial charge < -0.3 is 9.73 Å². The first-order chi connectivity index (χ1) is 31.2. The van der Waals surface area contributed by atoms with Crippen LogP contribution in [0.5, 0.6) is 0 Å². The number of nitrogens with one attached hydrogen (secondary N) is 2. The zero-order valence-corrected chi connectivity index (χ0v) is 34.4. The normalized spacial score (nSPS) is 15.1. The molecule has 0 fully saturated rings. The van der Waals surface area contributed by atoms with Crippen LogP contribution in [0.1, 0.15) is 29.0 Å². The van der Waals surface area contributed by atoms with Gasteiger partial charge in [0.25, 0.3) is 0 Å². The Bertz CT molecular complexity index is 3520. The van der Waals surface area contributed by atoms with E-state index in [0.717, 1.165) is 77.5 Å². The summed E-state index contributed by atoms with van der Waals surface area (Å²) in [6.07, 6.45) is -0.490. The van der Waals surface area contributed by atoms with E-state index in [2.05, 4.69) is 235 Å². The van der Waals surface area contributed by atoms with E-state index in [1.807, 2.05) is 0 Å². The van der Waals surface area contributed by atoms with Crippen molar-refractivity contribution in [3.63, 3.8) is 0 Å².